The summed E-state index contributed by atoms with van der Waals surface area (Å²) in [6.07, 6.45) is 0. The number of nitrogens with one attached hydrogen (secondary N) is 3. The van der Waals surface area contributed by atoms with Crippen LogP contribution < -0.4 is 15.4 Å². The molecule has 0 unspecified atom stereocenters. The highest BCUT2D eigenvalue weighted by Crippen LogP contribution is 2.10. The van der Waals surface area contributed by atoms with E-state index in [0.717, 1.165) is 23.5 Å². The van der Waals surface area contributed by atoms with E-state index in [9.17, 15) is 8.42 Å². The van der Waals surface area contributed by atoms with Crippen LogP contribution in [0.5, 0.6) is 0 Å². The number of benzene rings is 1. The van der Waals surface area contributed by atoms with Crippen molar-refractivity contribution in [2.45, 2.75) is 26.5 Å². The largest absolute Gasteiger partial charge is 0.370 e. The Hall–Kier alpha value is -2.19. The van der Waals surface area contributed by atoms with E-state index in [2.05, 4.69) is 25.3 Å². The smallest absolute Gasteiger partial charge is 0.215 e. The lowest BCUT2D eigenvalue weighted by Gasteiger charge is -2.10. The first-order valence-corrected chi connectivity index (χ1v) is 9.89. The van der Waals surface area contributed by atoms with Gasteiger partial charge in [-0.1, -0.05) is 29.8 Å². The molecule has 1 aromatic heterocycles. The molecule has 1 aromatic carbocycles. The maximum atomic E-state index is 12.1. The van der Waals surface area contributed by atoms with Crippen molar-refractivity contribution in [3.63, 3.8) is 0 Å². The van der Waals surface area contributed by atoms with Crippen LogP contribution in [0.25, 0.3) is 0 Å². The first-order chi connectivity index (χ1) is 11.9. The van der Waals surface area contributed by atoms with Crippen LogP contribution in [0, 0.1) is 13.8 Å². The van der Waals surface area contributed by atoms with E-state index in [1.807, 2.05) is 45.0 Å². The van der Waals surface area contributed by atoms with E-state index >= 15 is 0 Å². The summed E-state index contributed by atoms with van der Waals surface area (Å²) in [5.41, 5.74) is 1.88. The number of anilines is 2. The van der Waals surface area contributed by atoms with E-state index in [1.165, 1.54) is 0 Å². The van der Waals surface area contributed by atoms with Gasteiger partial charge in [-0.25, -0.2) is 23.1 Å². The molecule has 3 N–H and O–H groups in total. The van der Waals surface area contributed by atoms with Crippen molar-refractivity contribution in [2.75, 3.05) is 30.3 Å². The maximum Gasteiger partial charge on any atom is 0.215 e. The normalized spacial score (nSPS) is 11.3. The van der Waals surface area contributed by atoms with Crippen molar-refractivity contribution in [2.24, 2.45) is 0 Å². The Morgan fingerprint density at radius 1 is 0.960 bits per heavy atom. The molecule has 0 spiro atoms. The molecule has 0 aliphatic heterocycles. The summed E-state index contributed by atoms with van der Waals surface area (Å²) in [5.74, 6) is 2.05. The molecule has 7 nitrogen and oxygen atoms in total. The van der Waals surface area contributed by atoms with Gasteiger partial charge in [0.05, 0.1) is 5.75 Å². The zero-order valence-corrected chi connectivity index (χ0v) is 15.7. The number of hydrogen-bond acceptors (Lipinski definition) is 6. The van der Waals surface area contributed by atoms with Gasteiger partial charge in [0.15, 0.2) is 0 Å². The number of aryl methyl sites for hydroxylation is 2. The van der Waals surface area contributed by atoms with Crippen molar-refractivity contribution in [3.05, 3.63) is 47.3 Å². The zero-order valence-electron chi connectivity index (χ0n) is 14.8. The summed E-state index contributed by atoms with van der Waals surface area (Å²) in [6, 6.07) is 9.28. The Morgan fingerprint density at radius 3 is 2.24 bits per heavy atom. The standard InChI is InChI=1S/C17H25N5O2S/c1-4-18-16-11-17(22-14(3)21-16)19-9-10-20-25(23,24)12-15-7-5-13(2)6-8-15/h5-8,11,20H,4,9-10,12H2,1-3H3,(H2,18,19,21,22). The molecule has 0 amide bonds. The molecule has 0 atom stereocenters. The molecule has 0 fully saturated rings. The van der Waals surface area contributed by atoms with Gasteiger partial charge in [0, 0.05) is 25.7 Å². The highest BCUT2D eigenvalue weighted by Gasteiger charge is 2.10. The Balaban J connectivity index is 1.82. The predicted molar refractivity (Wildman–Crippen MR) is 101 cm³/mol. The number of aromatic nitrogens is 2. The topological polar surface area (TPSA) is 96.0 Å². The van der Waals surface area contributed by atoms with Crippen LogP contribution in [-0.2, 0) is 15.8 Å². The molecule has 0 saturated heterocycles. The Kier molecular flexibility index (Phi) is 6.72. The van der Waals surface area contributed by atoms with Crippen molar-refractivity contribution in [3.8, 4) is 0 Å². The van der Waals surface area contributed by atoms with Crippen LogP contribution in [0.2, 0.25) is 0 Å². The van der Waals surface area contributed by atoms with Crippen molar-refractivity contribution >= 4 is 21.7 Å². The van der Waals surface area contributed by atoms with Crippen LogP contribution in [0.3, 0.4) is 0 Å². The summed E-state index contributed by atoms with van der Waals surface area (Å²) in [6.45, 7) is 7.28. The van der Waals surface area contributed by atoms with E-state index in [4.69, 9.17) is 0 Å². The van der Waals surface area contributed by atoms with Gasteiger partial charge >= 0.3 is 0 Å². The zero-order chi connectivity index (χ0) is 18.3. The van der Waals surface area contributed by atoms with Crippen LogP contribution in [0.4, 0.5) is 11.6 Å². The van der Waals surface area contributed by atoms with Gasteiger partial charge in [-0.05, 0) is 26.3 Å². The number of sulfonamides is 1. The van der Waals surface area contributed by atoms with Crippen LogP contribution >= 0.6 is 0 Å². The Morgan fingerprint density at radius 2 is 1.60 bits per heavy atom. The third-order valence-electron chi connectivity index (χ3n) is 3.43. The molecule has 0 aliphatic rings. The fourth-order valence-corrected chi connectivity index (χ4v) is 3.43. The van der Waals surface area contributed by atoms with E-state index in [1.54, 1.807) is 6.07 Å². The summed E-state index contributed by atoms with van der Waals surface area (Å²) in [7, 11) is -3.36. The second-order valence-corrected chi connectivity index (χ2v) is 7.59. The first-order valence-electron chi connectivity index (χ1n) is 8.24. The lowest BCUT2D eigenvalue weighted by molar-refractivity contribution is 0.582. The van der Waals surface area contributed by atoms with Crippen molar-refractivity contribution < 1.29 is 8.42 Å². The molecular weight excluding hydrogens is 338 g/mol. The minimum atomic E-state index is -3.36. The molecule has 136 valence electrons. The van der Waals surface area contributed by atoms with E-state index < -0.39 is 10.0 Å². The number of rotatable bonds is 9. The van der Waals surface area contributed by atoms with Gasteiger partial charge in [0.1, 0.15) is 17.5 Å². The van der Waals surface area contributed by atoms with Crippen LogP contribution in [-0.4, -0.2) is 38.0 Å². The molecule has 2 rings (SSSR count). The third kappa shape index (κ3) is 6.67. The van der Waals surface area contributed by atoms with E-state index in [-0.39, 0.29) is 12.3 Å². The molecular formula is C17H25N5O2S. The fraction of sp³-hybridized carbons (Fsp3) is 0.412. The van der Waals surface area contributed by atoms with Crippen molar-refractivity contribution in [1.29, 1.82) is 0 Å². The minimum Gasteiger partial charge on any atom is -0.370 e. The molecule has 1 heterocycles. The monoisotopic (exact) mass is 363 g/mol. The predicted octanol–water partition coefficient (Wildman–Crippen LogP) is 2.06. The van der Waals surface area contributed by atoms with Gasteiger partial charge < -0.3 is 10.6 Å². The Bertz CT molecular complexity index is 791. The average molecular weight is 363 g/mol. The summed E-state index contributed by atoms with van der Waals surface area (Å²) in [4.78, 5) is 8.56. The first kappa shape index (κ1) is 19.1. The third-order valence-corrected chi connectivity index (χ3v) is 4.78. The quantitative estimate of drug-likeness (QED) is 0.590. The second-order valence-electron chi connectivity index (χ2n) is 5.78. The van der Waals surface area contributed by atoms with Crippen molar-refractivity contribution in [1.82, 2.24) is 14.7 Å². The Labute approximate surface area is 149 Å². The maximum absolute atomic E-state index is 12.1. The molecule has 2 aromatic rings. The average Bonchev–Trinajstić information content (AvgIpc) is 2.53. The SMILES string of the molecule is CCNc1cc(NCCNS(=O)(=O)Cc2ccc(C)cc2)nc(C)n1. The lowest BCUT2D eigenvalue weighted by atomic mass is 10.2. The molecule has 0 bridgehead atoms. The fourth-order valence-electron chi connectivity index (χ4n) is 2.28. The molecule has 25 heavy (non-hydrogen) atoms. The summed E-state index contributed by atoms with van der Waals surface area (Å²) < 4.78 is 26.8. The van der Waals surface area contributed by atoms with Gasteiger partial charge in [-0.2, -0.15) is 0 Å². The summed E-state index contributed by atoms with van der Waals surface area (Å²) >= 11 is 0. The van der Waals surface area contributed by atoms with Gasteiger partial charge in [-0.3, -0.25) is 0 Å². The molecule has 0 saturated carbocycles. The molecule has 0 radical (unpaired) electrons. The molecule has 8 heteroatoms. The second kappa shape index (κ2) is 8.77. The van der Waals surface area contributed by atoms with E-state index in [0.29, 0.717) is 18.2 Å². The lowest BCUT2D eigenvalue weighted by Crippen LogP contribution is -2.30. The van der Waals surface area contributed by atoms with Crippen LogP contribution in [0.15, 0.2) is 30.3 Å². The number of nitrogens with zero attached hydrogens (tertiary/aromatic N) is 2. The highest BCUT2D eigenvalue weighted by molar-refractivity contribution is 7.88. The number of hydrogen-bond donors (Lipinski definition) is 3. The molecule has 0 aliphatic carbocycles. The van der Waals surface area contributed by atoms with Gasteiger partial charge in [-0.15, -0.1) is 0 Å². The summed E-state index contributed by atoms with van der Waals surface area (Å²) in [5, 5.41) is 6.24. The van der Waals surface area contributed by atoms with Crippen LogP contribution in [0.1, 0.15) is 23.9 Å². The minimum absolute atomic E-state index is 0.0233. The highest BCUT2D eigenvalue weighted by atomic mass is 32.2. The van der Waals surface area contributed by atoms with Gasteiger partial charge in [0.2, 0.25) is 10.0 Å². The van der Waals surface area contributed by atoms with Gasteiger partial charge in [0.25, 0.3) is 0 Å².